The van der Waals surface area contributed by atoms with Crippen molar-refractivity contribution in [2.24, 2.45) is 0 Å². The number of aryl methyl sites for hydroxylation is 2. The van der Waals surface area contributed by atoms with E-state index in [9.17, 15) is 13.2 Å². The summed E-state index contributed by atoms with van der Waals surface area (Å²) in [6, 6.07) is 15.4. The van der Waals surface area contributed by atoms with Crippen LogP contribution in [-0.2, 0) is 21.2 Å². The van der Waals surface area contributed by atoms with Crippen molar-refractivity contribution in [3.63, 3.8) is 0 Å². The van der Waals surface area contributed by atoms with Crippen LogP contribution in [0.25, 0.3) is 0 Å². The molecule has 6 heteroatoms. The highest BCUT2D eigenvalue weighted by Crippen LogP contribution is 2.14. The van der Waals surface area contributed by atoms with Crippen LogP contribution in [0.15, 0.2) is 48.5 Å². The second kappa shape index (κ2) is 8.96. The molecule has 0 aromatic heterocycles. The molecule has 140 valence electrons. The van der Waals surface area contributed by atoms with Crippen molar-refractivity contribution in [3.05, 3.63) is 65.2 Å². The van der Waals surface area contributed by atoms with E-state index in [1.807, 2.05) is 62.4 Å². The molecule has 0 spiro atoms. The fourth-order valence-corrected chi connectivity index (χ4v) is 3.46. The van der Waals surface area contributed by atoms with Crippen molar-refractivity contribution in [2.45, 2.75) is 26.7 Å². The van der Waals surface area contributed by atoms with E-state index in [1.165, 1.54) is 10.6 Å². The quantitative estimate of drug-likeness (QED) is 0.772. The molecule has 2 rings (SSSR count). The number of sulfonamides is 1. The van der Waals surface area contributed by atoms with E-state index in [0.717, 1.165) is 22.4 Å². The maximum absolute atomic E-state index is 12.2. The Morgan fingerprint density at radius 3 is 2.31 bits per heavy atom. The van der Waals surface area contributed by atoms with Gasteiger partial charge >= 0.3 is 0 Å². The molecule has 0 aliphatic heterocycles. The molecule has 0 bridgehead atoms. The standard InChI is InChI=1S/C20H26N2O3S/c1-16-9-10-19(15-17(16)2)21-20(23)12-14-22(26(3,24)25)13-11-18-7-5-4-6-8-18/h4-10,15H,11-14H2,1-3H3,(H,21,23). The zero-order valence-corrected chi connectivity index (χ0v) is 16.3. The van der Waals surface area contributed by atoms with Gasteiger partial charge in [0.25, 0.3) is 0 Å². The fourth-order valence-electron chi connectivity index (χ4n) is 2.61. The zero-order chi connectivity index (χ0) is 19.2. The predicted octanol–water partition coefficient (Wildman–Crippen LogP) is 3.14. The van der Waals surface area contributed by atoms with Gasteiger partial charge in [0.15, 0.2) is 0 Å². The smallest absolute Gasteiger partial charge is 0.225 e. The monoisotopic (exact) mass is 374 g/mol. The predicted molar refractivity (Wildman–Crippen MR) is 106 cm³/mol. The van der Waals surface area contributed by atoms with Crippen LogP contribution < -0.4 is 5.32 Å². The van der Waals surface area contributed by atoms with E-state index < -0.39 is 10.0 Å². The lowest BCUT2D eigenvalue weighted by atomic mass is 10.1. The van der Waals surface area contributed by atoms with Gasteiger partial charge in [-0.3, -0.25) is 4.79 Å². The molecule has 1 N–H and O–H groups in total. The maximum atomic E-state index is 12.2. The lowest BCUT2D eigenvalue weighted by molar-refractivity contribution is -0.116. The van der Waals surface area contributed by atoms with E-state index in [0.29, 0.717) is 13.0 Å². The Labute approximate surface area is 156 Å². The molecular weight excluding hydrogens is 348 g/mol. The summed E-state index contributed by atoms with van der Waals surface area (Å²) in [6.07, 6.45) is 1.92. The first-order valence-electron chi connectivity index (χ1n) is 8.62. The minimum atomic E-state index is -3.36. The topological polar surface area (TPSA) is 66.5 Å². The van der Waals surface area contributed by atoms with Crippen molar-refractivity contribution in [1.29, 1.82) is 0 Å². The van der Waals surface area contributed by atoms with Gasteiger partial charge in [0, 0.05) is 25.2 Å². The minimum Gasteiger partial charge on any atom is -0.326 e. The lowest BCUT2D eigenvalue weighted by Crippen LogP contribution is -2.34. The number of rotatable bonds is 8. The van der Waals surface area contributed by atoms with Gasteiger partial charge in [-0.1, -0.05) is 36.4 Å². The number of benzene rings is 2. The molecule has 0 radical (unpaired) electrons. The largest absolute Gasteiger partial charge is 0.326 e. The summed E-state index contributed by atoms with van der Waals surface area (Å²) in [4.78, 5) is 12.2. The minimum absolute atomic E-state index is 0.120. The summed E-state index contributed by atoms with van der Waals surface area (Å²) in [5.41, 5.74) is 4.06. The molecule has 2 aromatic carbocycles. The molecule has 0 heterocycles. The summed E-state index contributed by atoms with van der Waals surface area (Å²) in [5, 5.41) is 2.83. The van der Waals surface area contributed by atoms with Crippen molar-refractivity contribution in [1.82, 2.24) is 4.31 Å². The third kappa shape index (κ3) is 6.28. The summed E-state index contributed by atoms with van der Waals surface area (Å²) >= 11 is 0. The number of hydrogen-bond donors (Lipinski definition) is 1. The number of hydrogen-bond acceptors (Lipinski definition) is 3. The Balaban J connectivity index is 1.91. The number of carbonyl (C=O) groups excluding carboxylic acids is 1. The van der Waals surface area contributed by atoms with Gasteiger partial charge in [0.1, 0.15) is 0 Å². The summed E-state index contributed by atoms with van der Waals surface area (Å²) in [7, 11) is -3.36. The molecule has 0 aliphatic carbocycles. The summed E-state index contributed by atoms with van der Waals surface area (Å²) in [5.74, 6) is -0.193. The molecule has 0 aliphatic rings. The van der Waals surface area contributed by atoms with Crippen molar-refractivity contribution >= 4 is 21.6 Å². The summed E-state index contributed by atoms with van der Waals surface area (Å²) in [6.45, 7) is 4.53. The van der Waals surface area contributed by atoms with Crippen LogP contribution in [0, 0.1) is 13.8 Å². The van der Waals surface area contributed by atoms with Crippen molar-refractivity contribution in [2.75, 3.05) is 24.7 Å². The van der Waals surface area contributed by atoms with Crippen LogP contribution in [0.4, 0.5) is 5.69 Å². The van der Waals surface area contributed by atoms with Crippen LogP contribution in [-0.4, -0.2) is 38.0 Å². The highest BCUT2D eigenvalue weighted by molar-refractivity contribution is 7.88. The summed E-state index contributed by atoms with van der Waals surface area (Å²) < 4.78 is 25.4. The molecule has 2 aromatic rings. The Morgan fingerprint density at radius 1 is 1.00 bits per heavy atom. The Kier molecular flexibility index (Phi) is 6.94. The SMILES string of the molecule is Cc1ccc(NC(=O)CCN(CCc2ccccc2)S(C)(=O)=O)cc1C. The van der Waals surface area contributed by atoms with Crippen molar-refractivity contribution < 1.29 is 13.2 Å². The van der Waals surface area contributed by atoms with Gasteiger partial charge < -0.3 is 5.32 Å². The first-order chi connectivity index (χ1) is 12.3. The van der Waals surface area contributed by atoms with E-state index in [1.54, 1.807) is 0 Å². The number of nitrogens with zero attached hydrogens (tertiary/aromatic N) is 1. The highest BCUT2D eigenvalue weighted by atomic mass is 32.2. The normalized spacial score (nSPS) is 11.5. The van der Waals surface area contributed by atoms with Crippen LogP contribution in [0.5, 0.6) is 0 Å². The van der Waals surface area contributed by atoms with Gasteiger partial charge in [-0.25, -0.2) is 12.7 Å². The van der Waals surface area contributed by atoms with E-state index in [2.05, 4.69) is 5.32 Å². The number of carbonyl (C=O) groups is 1. The highest BCUT2D eigenvalue weighted by Gasteiger charge is 2.17. The Bertz CT molecular complexity index is 849. The van der Waals surface area contributed by atoms with Crippen LogP contribution in [0.3, 0.4) is 0 Å². The number of amides is 1. The van der Waals surface area contributed by atoms with Gasteiger partial charge in [0.05, 0.1) is 6.26 Å². The Hall–Kier alpha value is -2.18. The average Bonchev–Trinajstić information content (AvgIpc) is 2.58. The molecule has 0 fully saturated rings. The van der Waals surface area contributed by atoms with Gasteiger partial charge in [-0.2, -0.15) is 0 Å². The van der Waals surface area contributed by atoms with Gasteiger partial charge in [0.2, 0.25) is 15.9 Å². The van der Waals surface area contributed by atoms with E-state index >= 15 is 0 Å². The van der Waals surface area contributed by atoms with Crippen LogP contribution >= 0.6 is 0 Å². The first-order valence-corrected chi connectivity index (χ1v) is 10.5. The second-order valence-corrected chi connectivity index (χ2v) is 8.48. The molecule has 26 heavy (non-hydrogen) atoms. The van der Waals surface area contributed by atoms with Gasteiger partial charge in [-0.05, 0) is 49.1 Å². The molecular formula is C20H26N2O3S. The first kappa shape index (κ1) is 20.1. The lowest BCUT2D eigenvalue weighted by Gasteiger charge is -2.19. The molecule has 0 unspecified atom stereocenters. The molecule has 5 nitrogen and oxygen atoms in total. The molecule has 0 saturated heterocycles. The van der Waals surface area contributed by atoms with Crippen molar-refractivity contribution in [3.8, 4) is 0 Å². The van der Waals surface area contributed by atoms with E-state index in [4.69, 9.17) is 0 Å². The number of nitrogens with one attached hydrogen (secondary N) is 1. The maximum Gasteiger partial charge on any atom is 0.225 e. The fraction of sp³-hybridized carbons (Fsp3) is 0.350. The molecule has 0 saturated carbocycles. The zero-order valence-electron chi connectivity index (χ0n) is 15.5. The Morgan fingerprint density at radius 2 is 1.69 bits per heavy atom. The van der Waals surface area contributed by atoms with E-state index in [-0.39, 0.29) is 18.9 Å². The van der Waals surface area contributed by atoms with Gasteiger partial charge in [-0.15, -0.1) is 0 Å². The molecule has 0 atom stereocenters. The van der Waals surface area contributed by atoms with Crippen LogP contribution in [0.1, 0.15) is 23.1 Å². The van der Waals surface area contributed by atoms with Crippen LogP contribution in [0.2, 0.25) is 0 Å². The molecule has 1 amide bonds. The second-order valence-electron chi connectivity index (χ2n) is 6.49. The number of anilines is 1. The third-order valence-corrected chi connectivity index (χ3v) is 5.64. The third-order valence-electron chi connectivity index (χ3n) is 4.34. The average molecular weight is 375 g/mol.